The molecule has 1 aromatic rings. The van der Waals surface area contributed by atoms with E-state index in [9.17, 15) is 17.7 Å². The zero-order valence-electron chi connectivity index (χ0n) is 8.01. The molecule has 0 atom stereocenters. The van der Waals surface area contributed by atoms with Crippen molar-refractivity contribution in [3.05, 3.63) is 24.3 Å². The number of benzene rings is 1. The number of halogens is 3. The van der Waals surface area contributed by atoms with Gasteiger partial charge in [-0.1, -0.05) is 12.1 Å². The van der Waals surface area contributed by atoms with Gasteiger partial charge in [0.15, 0.2) is 0 Å². The molecule has 15 heavy (non-hydrogen) atoms. The van der Waals surface area contributed by atoms with E-state index in [0.29, 0.717) is 0 Å². The van der Waals surface area contributed by atoms with Crippen molar-refractivity contribution in [1.29, 1.82) is 0 Å². The van der Waals surface area contributed by atoms with Crippen LogP contribution in [0.25, 0.3) is 0 Å². The molecule has 0 radical (unpaired) electrons. The molecule has 0 saturated carbocycles. The first-order valence-corrected chi connectivity index (χ1v) is 3.76. The van der Waals surface area contributed by atoms with Gasteiger partial charge in [0, 0.05) is 5.69 Å². The van der Waals surface area contributed by atoms with E-state index in [1.807, 2.05) is 0 Å². The van der Waals surface area contributed by atoms with Crippen molar-refractivity contribution in [2.75, 3.05) is 5.32 Å². The van der Waals surface area contributed by atoms with E-state index in [-0.39, 0.29) is 57.1 Å². The number of primary amides is 1. The van der Waals surface area contributed by atoms with E-state index in [2.05, 4.69) is 5.32 Å². The number of amides is 2. The predicted octanol–water partition coefficient (Wildman–Crippen LogP) is -1.76. The van der Waals surface area contributed by atoms with Gasteiger partial charge in [-0.15, -0.1) is 5.46 Å². The molecule has 0 fully saturated rings. The summed E-state index contributed by atoms with van der Waals surface area (Å²) in [7, 11) is 0. The molecule has 1 aromatic carbocycles. The molecule has 3 nitrogen and oxygen atoms in total. The number of urea groups is 1. The zero-order valence-corrected chi connectivity index (χ0v) is 11.1. The van der Waals surface area contributed by atoms with Crippen molar-refractivity contribution in [3.8, 4) is 0 Å². The second kappa shape index (κ2) is 5.90. The average molecular weight is 242 g/mol. The summed E-state index contributed by atoms with van der Waals surface area (Å²) in [4.78, 5) is 10.3. The molecule has 0 saturated heterocycles. The molecular weight excluding hydrogens is 235 g/mol. The second-order valence-electron chi connectivity index (χ2n) is 2.69. The first-order chi connectivity index (χ1) is 6.39. The molecule has 2 amide bonds. The first kappa shape index (κ1) is 15.0. The minimum atomic E-state index is -4.99. The van der Waals surface area contributed by atoms with Crippen LogP contribution in [0.15, 0.2) is 24.3 Å². The van der Waals surface area contributed by atoms with Crippen LogP contribution >= 0.6 is 0 Å². The third-order valence-electron chi connectivity index (χ3n) is 1.56. The Morgan fingerprint density at radius 3 is 2.00 bits per heavy atom. The Bertz CT molecular complexity index is 341. The molecular formula is C7H7BF3KN2O. The second-order valence-corrected chi connectivity index (χ2v) is 2.69. The van der Waals surface area contributed by atoms with Gasteiger partial charge in [-0.25, -0.2) is 4.79 Å². The van der Waals surface area contributed by atoms with Gasteiger partial charge in [-0.05, 0) is 12.1 Å². The van der Waals surface area contributed by atoms with E-state index in [1.54, 1.807) is 0 Å². The molecule has 3 N–H and O–H groups in total. The maximum absolute atomic E-state index is 12.1. The Morgan fingerprint density at radius 1 is 1.20 bits per heavy atom. The summed E-state index contributed by atoms with van der Waals surface area (Å²) in [6, 6.07) is 3.27. The van der Waals surface area contributed by atoms with E-state index < -0.39 is 18.5 Å². The Hall–Kier alpha value is -0.0187. The Kier molecular flexibility index (Phi) is 5.89. The van der Waals surface area contributed by atoms with Crippen LogP contribution in [0.4, 0.5) is 23.4 Å². The molecule has 1 rings (SSSR count). The van der Waals surface area contributed by atoms with E-state index >= 15 is 0 Å². The Balaban J connectivity index is 0.00000196. The van der Waals surface area contributed by atoms with Gasteiger partial charge >= 0.3 is 64.4 Å². The maximum Gasteiger partial charge on any atom is 1.00 e. The Labute approximate surface area is 127 Å². The first-order valence-electron chi connectivity index (χ1n) is 3.76. The van der Waals surface area contributed by atoms with Crippen molar-refractivity contribution in [2.24, 2.45) is 5.73 Å². The summed E-state index contributed by atoms with van der Waals surface area (Å²) in [5, 5.41) is 2.16. The van der Waals surface area contributed by atoms with E-state index in [0.717, 1.165) is 24.3 Å². The minimum Gasteiger partial charge on any atom is -0.445 e. The van der Waals surface area contributed by atoms with E-state index in [4.69, 9.17) is 5.73 Å². The molecule has 0 heterocycles. The summed E-state index contributed by atoms with van der Waals surface area (Å²) >= 11 is 0. The van der Waals surface area contributed by atoms with Crippen molar-refractivity contribution < 1.29 is 69.1 Å². The molecule has 8 heteroatoms. The fourth-order valence-electron chi connectivity index (χ4n) is 0.927. The number of carbonyl (C=O) groups excluding carboxylic acids is 1. The molecule has 0 unspecified atom stereocenters. The van der Waals surface area contributed by atoms with Crippen LogP contribution in [-0.2, 0) is 0 Å². The van der Waals surface area contributed by atoms with Gasteiger partial charge < -0.3 is 24.0 Å². The smallest absolute Gasteiger partial charge is 0.445 e. The molecule has 0 aliphatic carbocycles. The number of rotatable bonds is 2. The maximum atomic E-state index is 12.1. The number of hydrogen-bond donors (Lipinski definition) is 2. The van der Waals surface area contributed by atoms with Gasteiger partial charge in [0.25, 0.3) is 0 Å². The van der Waals surface area contributed by atoms with Crippen LogP contribution in [0.5, 0.6) is 0 Å². The topological polar surface area (TPSA) is 55.1 Å². The van der Waals surface area contributed by atoms with Crippen LogP contribution in [0.1, 0.15) is 0 Å². The predicted molar refractivity (Wildman–Crippen MR) is 48.4 cm³/mol. The summed E-state index contributed by atoms with van der Waals surface area (Å²) in [6.07, 6.45) is 0. The van der Waals surface area contributed by atoms with Gasteiger partial charge in [0.1, 0.15) is 0 Å². The summed E-state index contributed by atoms with van der Waals surface area (Å²) in [5.74, 6) is 0. The van der Waals surface area contributed by atoms with Crippen LogP contribution < -0.4 is 67.9 Å². The summed E-state index contributed by atoms with van der Waals surface area (Å²) < 4.78 is 36.4. The summed E-state index contributed by atoms with van der Waals surface area (Å²) in [6.45, 7) is -4.99. The fraction of sp³-hybridized carbons (Fsp3) is 0. The van der Waals surface area contributed by atoms with Gasteiger partial charge in [-0.3, -0.25) is 0 Å². The minimum absolute atomic E-state index is 0. The summed E-state index contributed by atoms with van der Waals surface area (Å²) in [5.41, 5.74) is 4.31. The normalized spacial score (nSPS) is 10.3. The average Bonchev–Trinajstić information content (AvgIpc) is 2.02. The molecule has 0 spiro atoms. The molecule has 0 aromatic heterocycles. The number of anilines is 1. The number of hydrogen-bond acceptors (Lipinski definition) is 1. The number of nitrogens with one attached hydrogen (secondary N) is 1. The third-order valence-corrected chi connectivity index (χ3v) is 1.56. The molecule has 0 aliphatic heterocycles. The van der Waals surface area contributed by atoms with Gasteiger partial charge in [0.05, 0.1) is 0 Å². The third kappa shape index (κ3) is 5.03. The van der Waals surface area contributed by atoms with Crippen molar-refractivity contribution >= 4 is 24.2 Å². The molecule has 76 valence electrons. The zero-order chi connectivity index (χ0) is 10.8. The standard InChI is InChI=1S/C7H7BF3N2O.K/c9-8(10,11)5-1-3-6(4-2-5)13-7(12)14;/h1-4H,(H3,12,13,14);/q-1;+1. The van der Waals surface area contributed by atoms with Crippen LogP contribution in [-0.4, -0.2) is 13.0 Å². The molecule has 0 bridgehead atoms. The molecule has 0 aliphatic rings. The fourth-order valence-corrected chi connectivity index (χ4v) is 0.927. The van der Waals surface area contributed by atoms with Crippen LogP contribution in [0.3, 0.4) is 0 Å². The quantitative estimate of drug-likeness (QED) is 0.593. The SMILES string of the molecule is NC(=O)Nc1ccc([B-](F)(F)F)cc1.[K+]. The number of carbonyl (C=O) groups is 1. The van der Waals surface area contributed by atoms with Crippen LogP contribution in [0.2, 0.25) is 0 Å². The van der Waals surface area contributed by atoms with Gasteiger partial charge in [0.2, 0.25) is 0 Å². The van der Waals surface area contributed by atoms with Crippen LogP contribution in [0, 0.1) is 0 Å². The van der Waals surface area contributed by atoms with E-state index in [1.165, 1.54) is 0 Å². The number of nitrogens with two attached hydrogens (primary N) is 1. The van der Waals surface area contributed by atoms with Crippen molar-refractivity contribution in [1.82, 2.24) is 0 Å². The van der Waals surface area contributed by atoms with Gasteiger partial charge in [-0.2, -0.15) is 0 Å². The largest absolute Gasteiger partial charge is 1.00 e. The van der Waals surface area contributed by atoms with Crippen molar-refractivity contribution in [3.63, 3.8) is 0 Å². The Morgan fingerprint density at radius 2 is 1.67 bits per heavy atom. The monoisotopic (exact) mass is 242 g/mol. The van der Waals surface area contributed by atoms with Crippen molar-refractivity contribution in [2.45, 2.75) is 0 Å².